The van der Waals surface area contributed by atoms with Crippen molar-refractivity contribution in [3.63, 3.8) is 0 Å². The van der Waals surface area contributed by atoms with Crippen LogP contribution in [-0.4, -0.2) is 33.0 Å². The van der Waals surface area contributed by atoms with Crippen molar-refractivity contribution in [1.29, 1.82) is 0 Å². The van der Waals surface area contributed by atoms with Crippen molar-refractivity contribution in [2.24, 2.45) is 0 Å². The third-order valence-corrected chi connectivity index (χ3v) is 5.41. The lowest BCUT2D eigenvalue weighted by Crippen LogP contribution is -2.14. The van der Waals surface area contributed by atoms with Crippen molar-refractivity contribution < 1.29 is 9.53 Å². The third-order valence-electron chi connectivity index (χ3n) is 3.92. The summed E-state index contributed by atoms with van der Waals surface area (Å²) in [6, 6.07) is 15.3. The summed E-state index contributed by atoms with van der Waals surface area (Å²) >= 11 is 4.81. The number of nitrogens with one attached hydrogen (secondary N) is 1. The molecule has 1 heterocycles. The molecule has 0 spiro atoms. The van der Waals surface area contributed by atoms with Crippen molar-refractivity contribution in [2.45, 2.75) is 25.5 Å². The van der Waals surface area contributed by atoms with Crippen LogP contribution in [0.15, 0.2) is 58.2 Å². The smallest absolute Gasteiger partial charge is 0.234 e. The summed E-state index contributed by atoms with van der Waals surface area (Å²) in [4.78, 5) is 12.3. The van der Waals surface area contributed by atoms with E-state index in [1.165, 1.54) is 11.8 Å². The van der Waals surface area contributed by atoms with Gasteiger partial charge >= 0.3 is 0 Å². The van der Waals surface area contributed by atoms with Gasteiger partial charge in [0, 0.05) is 22.3 Å². The number of ether oxygens (including phenoxy) is 1. The van der Waals surface area contributed by atoms with Gasteiger partial charge in [0.15, 0.2) is 11.0 Å². The second-order valence-corrected chi connectivity index (χ2v) is 7.71. The summed E-state index contributed by atoms with van der Waals surface area (Å²) in [7, 11) is 0. The summed E-state index contributed by atoms with van der Waals surface area (Å²) in [6.07, 6.45) is 0. The molecule has 3 aromatic rings. The topological polar surface area (TPSA) is 69.0 Å². The fourth-order valence-electron chi connectivity index (χ4n) is 2.62. The predicted molar refractivity (Wildman–Crippen MR) is 116 cm³/mol. The molecule has 0 aliphatic heterocycles. The molecule has 0 bridgehead atoms. The number of hydrogen-bond acceptors (Lipinski definition) is 5. The first-order valence-corrected chi connectivity index (χ1v) is 10.7. The highest BCUT2D eigenvalue weighted by Gasteiger charge is 2.14. The Morgan fingerprint density at radius 2 is 1.82 bits per heavy atom. The molecular formula is C20H21BrN4O2S. The summed E-state index contributed by atoms with van der Waals surface area (Å²) in [5, 5.41) is 12.2. The molecule has 0 saturated carbocycles. The Bertz CT molecular complexity index is 926. The van der Waals surface area contributed by atoms with E-state index in [0.717, 1.165) is 39.0 Å². The van der Waals surface area contributed by atoms with Crippen molar-refractivity contribution in [1.82, 2.24) is 14.8 Å². The van der Waals surface area contributed by atoms with E-state index < -0.39 is 0 Å². The Hall–Kier alpha value is -2.32. The van der Waals surface area contributed by atoms with Crippen molar-refractivity contribution in [3.8, 4) is 17.1 Å². The van der Waals surface area contributed by atoms with Crippen molar-refractivity contribution in [3.05, 3.63) is 53.0 Å². The fourth-order valence-corrected chi connectivity index (χ4v) is 3.69. The first-order chi connectivity index (χ1) is 13.6. The molecule has 0 atom stereocenters. The number of benzene rings is 2. The Kier molecular flexibility index (Phi) is 7.11. The molecule has 0 radical (unpaired) electrons. The van der Waals surface area contributed by atoms with E-state index in [1.807, 2.05) is 66.9 Å². The lowest BCUT2D eigenvalue weighted by atomic mass is 10.2. The minimum atomic E-state index is -0.0926. The van der Waals surface area contributed by atoms with Gasteiger partial charge in [-0.1, -0.05) is 39.8 Å². The van der Waals surface area contributed by atoms with E-state index in [0.29, 0.717) is 6.61 Å². The van der Waals surface area contributed by atoms with Gasteiger partial charge in [-0.25, -0.2) is 0 Å². The molecule has 0 unspecified atom stereocenters. The zero-order valence-electron chi connectivity index (χ0n) is 15.7. The Morgan fingerprint density at radius 1 is 1.11 bits per heavy atom. The Morgan fingerprint density at radius 3 is 2.46 bits per heavy atom. The lowest BCUT2D eigenvalue weighted by molar-refractivity contribution is -0.113. The van der Waals surface area contributed by atoms with Gasteiger partial charge in [-0.15, -0.1) is 10.2 Å². The number of amides is 1. The minimum absolute atomic E-state index is 0.0926. The molecule has 6 nitrogen and oxygen atoms in total. The molecule has 28 heavy (non-hydrogen) atoms. The lowest BCUT2D eigenvalue weighted by Gasteiger charge is -2.08. The zero-order chi connectivity index (χ0) is 19.9. The summed E-state index contributed by atoms with van der Waals surface area (Å²) < 4.78 is 8.43. The van der Waals surface area contributed by atoms with Crippen molar-refractivity contribution >= 4 is 39.3 Å². The molecule has 1 aromatic heterocycles. The maximum Gasteiger partial charge on any atom is 0.234 e. The summed E-state index contributed by atoms with van der Waals surface area (Å²) in [5.74, 6) is 1.74. The van der Waals surface area contributed by atoms with Crippen LogP contribution in [0.2, 0.25) is 0 Å². The van der Waals surface area contributed by atoms with E-state index in [1.54, 1.807) is 0 Å². The van der Waals surface area contributed by atoms with Gasteiger partial charge in [-0.2, -0.15) is 0 Å². The number of hydrogen-bond donors (Lipinski definition) is 1. The number of carbonyl (C=O) groups is 1. The fraction of sp³-hybridized carbons (Fsp3) is 0.250. The SMILES string of the molecule is CCOc1ccc(NC(=O)CSc2nnc(-c3ccc(Br)cc3)n2CC)cc1. The highest BCUT2D eigenvalue weighted by molar-refractivity contribution is 9.10. The average Bonchev–Trinajstić information content (AvgIpc) is 3.11. The molecular weight excluding hydrogens is 440 g/mol. The largest absolute Gasteiger partial charge is 0.494 e. The molecule has 3 rings (SSSR count). The van der Waals surface area contributed by atoms with E-state index in [4.69, 9.17) is 4.74 Å². The van der Waals surface area contributed by atoms with Crippen LogP contribution in [0.4, 0.5) is 5.69 Å². The molecule has 0 aliphatic carbocycles. The van der Waals surface area contributed by atoms with Crippen molar-refractivity contribution in [2.75, 3.05) is 17.7 Å². The van der Waals surface area contributed by atoms with E-state index in [2.05, 4.69) is 31.4 Å². The van der Waals surface area contributed by atoms with Crippen LogP contribution in [0.5, 0.6) is 5.75 Å². The van der Waals surface area contributed by atoms with E-state index in [9.17, 15) is 4.79 Å². The molecule has 146 valence electrons. The number of rotatable bonds is 8. The molecule has 1 N–H and O–H groups in total. The number of nitrogens with zero attached hydrogens (tertiary/aromatic N) is 3. The third kappa shape index (κ3) is 5.14. The van der Waals surface area contributed by atoms with E-state index in [-0.39, 0.29) is 11.7 Å². The molecule has 0 fully saturated rings. The number of halogens is 1. The monoisotopic (exact) mass is 460 g/mol. The van der Waals surface area contributed by atoms with Crippen LogP contribution < -0.4 is 10.1 Å². The predicted octanol–water partition coefficient (Wildman–Crippen LogP) is 4.86. The highest BCUT2D eigenvalue weighted by atomic mass is 79.9. The van der Waals surface area contributed by atoms with Crippen LogP contribution in [0.3, 0.4) is 0 Å². The average molecular weight is 461 g/mol. The highest BCUT2D eigenvalue weighted by Crippen LogP contribution is 2.25. The van der Waals surface area contributed by atoms with Crippen LogP contribution in [0.25, 0.3) is 11.4 Å². The molecule has 8 heteroatoms. The number of carbonyl (C=O) groups excluding carboxylic acids is 1. The molecule has 0 saturated heterocycles. The zero-order valence-corrected chi connectivity index (χ0v) is 18.1. The Labute approximate surface area is 176 Å². The number of aromatic nitrogens is 3. The second-order valence-electron chi connectivity index (χ2n) is 5.85. The Balaban J connectivity index is 1.62. The van der Waals surface area contributed by atoms with Crippen LogP contribution in [-0.2, 0) is 11.3 Å². The maximum absolute atomic E-state index is 12.3. The maximum atomic E-state index is 12.3. The van der Waals surface area contributed by atoms with Crippen LogP contribution in [0, 0.1) is 0 Å². The first-order valence-electron chi connectivity index (χ1n) is 8.95. The molecule has 1 amide bonds. The molecule has 2 aromatic carbocycles. The van der Waals surface area contributed by atoms with Gasteiger partial charge in [-0.05, 0) is 50.2 Å². The van der Waals surface area contributed by atoms with Gasteiger partial charge in [-0.3, -0.25) is 4.79 Å². The summed E-state index contributed by atoms with van der Waals surface area (Å²) in [6.45, 7) is 5.31. The van der Waals surface area contributed by atoms with Gasteiger partial charge in [0.2, 0.25) is 5.91 Å². The standard InChI is InChI=1S/C20H21BrN4O2S/c1-3-25-19(14-5-7-15(21)8-6-14)23-24-20(25)28-13-18(26)22-16-9-11-17(12-10-16)27-4-2/h5-12H,3-4,13H2,1-2H3,(H,22,26). The van der Waals surface area contributed by atoms with E-state index >= 15 is 0 Å². The van der Waals surface area contributed by atoms with Crippen LogP contribution >= 0.6 is 27.7 Å². The quantitative estimate of drug-likeness (QED) is 0.486. The van der Waals surface area contributed by atoms with Gasteiger partial charge in [0.05, 0.1) is 12.4 Å². The van der Waals surface area contributed by atoms with Gasteiger partial charge < -0.3 is 14.6 Å². The normalized spacial score (nSPS) is 10.7. The number of anilines is 1. The summed E-state index contributed by atoms with van der Waals surface area (Å²) in [5.41, 5.74) is 1.73. The van der Waals surface area contributed by atoms with Gasteiger partial charge in [0.25, 0.3) is 0 Å². The molecule has 0 aliphatic rings. The first kappa shape index (κ1) is 20.4. The van der Waals surface area contributed by atoms with Crippen LogP contribution in [0.1, 0.15) is 13.8 Å². The second kappa shape index (κ2) is 9.75. The van der Waals surface area contributed by atoms with Gasteiger partial charge in [0.1, 0.15) is 5.75 Å². The minimum Gasteiger partial charge on any atom is -0.494 e. The number of thioether (sulfide) groups is 1.